The zero-order valence-corrected chi connectivity index (χ0v) is 17.5. The lowest BCUT2D eigenvalue weighted by atomic mass is 10.3. The number of hydrogen-bond donors (Lipinski definition) is 2. The van der Waals surface area contributed by atoms with Crippen molar-refractivity contribution in [1.82, 2.24) is 0 Å². The summed E-state index contributed by atoms with van der Waals surface area (Å²) in [7, 11) is -3.75. The summed E-state index contributed by atoms with van der Waals surface area (Å²) in [4.78, 5) is 12.2. The minimum absolute atomic E-state index is 0.00549. The quantitative estimate of drug-likeness (QED) is 0.107. The molecular formula is C11H13I2NO7S2. The van der Waals surface area contributed by atoms with Crippen LogP contribution >= 0.6 is 57.2 Å². The molecule has 0 spiro atoms. The van der Waals surface area contributed by atoms with Gasteiger partial charge in [-0.25, -0.2) is 5.26 Å². The van der Waals surface area contributed by atoms with E-state index in [1.807, 2.05) is 22.6 Å². The normalized spacial score (nSPS) is 11.3. The topological polar surface area (TPSA) is 111 Å². The molecule has 0 aliphatic heterocycles. The summed E-state index contributed by atoms with van der Waals surface area (Å²) in [5, 5.41) is 14.2. The van der Waals surface area contributed by atoms with Crippen LogP contribution in [-0.4, -0.2) is 34.2 Å². The fourth-order valence-corrected chi connectivity index (χ4v) is 4.56. The Bertz CT molecular complexity index is 627. The van der Waals surface area contributed by atoms with Crippen molar-refractivity contribution in [2.75, 3.05) is 19.9 Å². The summed E-state index contributed by atoms with van der Waals surface area (Å²) in [5.74, 6) is -0.421. The van der Waals surface area contributed by atoms with Gasteiger partial charge in [0, 0.05) is 20.2 Å². The van der Waals surface area contributed by atoms with Crippen LogP contribution in [0.2, 0.25) is 0 Å². The molecule has 0 aliphatic rings. The monoisotopic (exact) mass is 589 g/mol. The smallest absolute Gasteiger partial charge is 0.310 e. The van der Waals surface area contributed by atoms with Crippen molar-refractivity contribution in [2.24, 2.45) is 0 Å². The highest BCUT2D eigenvalue weighted by molar-refractivity contribution is 14.1. The summed E-state index contributed by atoms with van der Waals surface area (Å²) in [6.45, 7) is 0. The van der Waals surface area contributed by atoms with E-state index in [1.54, 1.807) is 0 Å². The first-order valence-corrected chi connectivity index (χ1v) is 11.4. The van der Waals surface area contributed by atoms with Crippen LogP contribution in [0.3, 0.4) is 0 Å². The van der Waals surface area contributed by atoms with Crippen LogP contribution in [0.25, 0.3) is 0 Å². The van der Waals surface area contributed by atoms with Gasteiger partial charge in [0.2, 0.25) is 5.91 Å². The third kappa shape index (κ3) is 8.17. The van der Waals surface area contributed by atoms with Gasteiger partial charge in [0.05, 0.1) is 23.5 Å². The predicted octanol–water partition coefficient (Wildman–Crippen LogP) is 3.02. The molecule has 0 fully saturated rings. The van der Waals surface area contributed by atoms with Gasteiger partial charge in [0.15, 0.2) is 5.75 Å². The summed E-state index contributed by atoms with van der Waals surface area (Å²) in [6.07, 6.45) is 0.272. The maximum Gasteiger partial charge on any atom is 0.310 e. The average molecular weight is 589 g/mol. The third-order valence-corrected chi connectivity index (χ3v) is 5.77. The van der Waals surface area contributed by atoms with Crippen LogP contribution in [0, 0.1) is 0 Å². The molecule has 0 heterocycles. The maximum atomic E-state index is 11.8. The van der Waals surface area contributed by atoms with Crippen LogP contribution in [0.5, 0.6) is 5.75 Å². The van der Waals surface area contributed by atoms with Crippen molar-refractivity contribution in [3.63, 3.8) is 0 Å². The van der Waals surface area contributed by atoms with Crippen molar-refractivity contribution in [3.8, 4) is 5.75 Å². The van der Waals surface area contributed by atoms with Gasteiger partial charge in [-0.3, -0.25) is 4.79 Å². The van der Waals surface area contributed by atoms with Crippen LogP contribution in [-0.2, 0) is 24.3 Å². The van der Waals surface area contributed by atoms with Gasteiger partial charge in [-0.15, -0.1) is 4.33 Å². The van der Waals surface area contributed by atoms with Crippen molar-refractivity contribution >= 4 is 78.9 Å². The van der Waals surface area contributed by atoms with Gasteiger partial charge >= 0.3 is 10.1 Å². The number of benzene rings is 1. The van der Waals surface area contributed by atoms with Crippen molar-refractivity contribution in [3.05, 3.63) is 18.2 Å². The van der Waals surface area contributed by atoms with E-state index < -0.39 is 10.1 Å². The summed E-state index contributed by atoms with van der Waals surface area (Å²) < 4.78 is 33.9. The van der Waals surface area contributed by atoms with E-state index in [9.17, 15) is 13.2 Å². The van der Waals surface area contributed by atoms with Crippen LogP contribution < -0.4 is 9.50 Å². The first-order valence-electron chi connectivity index (χ1n) is 6.04. The molecular weight excluding hydrogens is 576 g/mol. The fourth-order valence-electron chi connectivity index (χ4n) is 1.36. The average Bonchev–Trinajstić information content (AvgIpc) is 2.47. The fraction of sp³-hybridized carbons (Fsp3) is 0.364. The lowest BCUT2D eigenvalue weighted by Gasteiger charge is -2.13. The molecule has 1 aromatic carbocycles. The zero-order chi connectivity index (χ0) is 17.3. The van der Waals surface area contributed by atoms with E-state index in [0.29, 0.717) is 25.8 Å². The van der Waals surface area contributed by atoms with E-state index in [1.165, 1.54) is 18.2 Å². The van der Waals surface area contributed by atoms with Gasteiger partial charge in [-0.1, -0.05) is 50.2 Å². The van der Waals surface area contributed by atoms with E-state index >= 15 is 0 Å². The second-order valence-electron chi connectivity index (χ2n) is 3.91. The first-order chi connectivity index (χ1) is 10.9. The SMILES string of the molecule is O=C(CCI)Nc1cc(SOOO)ccc1OS(=O)(=O)CCI. The molecule has 0 saturated carbocycles. The highest BCUT2D eigenvalue weighted by Crippen LogP contribution is 2.32. The molecule has 0 radical (unpaired) electrons. The Hall–Kier alpha value is 0.130. The standard InChI is InChI=1S/C11H13I2NO7S2/c12-4-3-11(15)14-9-7-8(22-21-20-16)1-2-10(9)19-23(17,18)6-5-13/h1-2,7,16H,3-6H2,(H,14,15). The number of nitrogens with one attached hydrogen (secondary N) is 1. The molecule has 130 valence electrons. The number of hydrogen-bond acceptors (Lipinski definition) is 8. The number of alkyl halides is 2. The molecule has 1 rings (SSSR count). The van der Waals surface area contributed by atoms with Gasteiger partial charge in [-0.2, -0.15) is 8.42 Å². The van der Waals surface area contributed by atoms with Crippen molar-refractivity contribution < 1.29 is 32.0 Å². The van der Waals surface area contributed by atoms with Crippen molar-refractivity contribution in [1.29, 1.82) is 0 Å². The Labute approximate surface area is 165 Å². The lowest BCUT2D eigenvalue weighted by Crippen LogP contribution is -2.17. The highest BCUT2D eigenvalue weighted by Gasteiger charge is 2.17. The van der Waals surface area contributed by atoms with Gasteiger partial charge in [-0.05, 0) is 18.2 Å². The highest BCUT2D eigenvalue weighted by atomic mass is 127. The van der Waals surface area contributed by atoms with E-state index in [0.717, 1.165) is 0 Å². The molecule has 1 aromatic rings. The lowest BCUT2D eigenvalue weighted by molar-refractivity contribution is -0.432. The Morgan fingerprint density at radius 1 is 1.30 bits per heavy atom. The summed E-state index contributed by atoms with van der Waals surface area (Å²) in [5.41, 5.74) is 0.184. The Morgan fingerprint density at radius 3 is 2.65 bits per heavy atom. The summed E-state index contributed by atoms with van der Waals surface area (Å²) in [6, 6.07) is 4.32. The molecule has 1 amide bonds. The van der Waals surface area contributed by atoms with Crippen LogP contribution in [0.15, 0.2) is 23.1 Å². The largest absolute Gasteiger partial charge is 0.380 e. The van der Waals surface area contributed by atoms with E-state index in [2.05, 4.69) is 37.3 Å². The molecule has 23 heavy (non-hydrogen) atoms. The molecule has 8 nitrogen and oxygen atoms in total. The second-order valence-corrected chi connectivity index (χ2v) is 8.53. The molecule has 0 unspecified atom stereocenters. The molecule has 0 bridgehead atoms. The Kier molecular flexibility index (Phi) is 10.0. The van der Waals surface area contributed by atoms with E-state index in [-0.39, 0.29) is 29.5 Å². The molecule has 0 atom stereocenters. The number of carbonyl (C=O) groups excluding carboxylic acids is 1. The number of carbonyl (C=O) groups is 1. The number of halogens is 2. The number of amides is 1. The summed E-state index contributed by atoms with van der Waals surface area (Å²) >= 11 is 4.66. The molecule has 12 heteroatoms. The first kappa shape index (κ1) is 21.2. The number of rotatable bonds is 10. The molecule has 0 aromatic heterocycles. The van der Waals surface area contributed by atoms with Crippen LogP contribution in [0.4, 0.5) is 5.69 Å². The van der Waals surface area contributed by atoms with Gasteiger partial charge < -0.3 is 9.50 Å². The van der Waals surface area contributed by atoms with Gasteiger partial charge in [0.25, 0.3) is 0 Å². The zero-order valence-electron chi connectivity index (χ0n) is 11.5. The molecule has 0 aliphatic carbocycles. The second kappa shape index (κ2) is 10.9. The van der Waals surface area contributed by atoms with Crippen LogP contribution in [0.1, 0.15) is 6.42 Å². The molecule has 2 N–H and O–H groups in total. The number of anilines is 1. The Balaban J connectivity index is 3.04. The minimum atomic E-state index is -3.75. The minimum Gasteiger partial charge on any atom is -0.380 e. The predicted molar refractivity (Wildman–Crippen MR) is 103 cm³/mol. The van der Waals surface area contributed by atoms with E-state index in [4.69, 9.17) is 9.44 Å². The van der Waals surface area contributed by atoms with Gasteiger partial charge in [0.1, 0.15) is 0 Å². The molecule has 0 saturated heterocycles. The Morgan fingerprint density at radius 2 is 2.04 bits per heavy atom. The third-order valence-electron chi connectivity index (χ3n) is 2.25. The maximum absolute atomic E-state index is 11.8. The van der Waals surface area contributed by atoms with Crippen molar-refractivity contribution in [2.45, 2.75) is 11.3 Å².